The molecule has 5 nitrogen and oxygen atoms in total. The second-order valence-corrected chi connectivity index (χ2v) is 12.4. The fourth-order valence-electron chi connectivity index (χ4n) is 5.75. The smallest absolute Gasteiger partial charge is 0.157 e. The normalized spacial score (nSPS) is 19.0. The molecule has 0 saturated carbocycles. The van der Waals surface area contributed by atoms with Gasteiger partial charge >= 0.3 is 0 Å². The van der Waals surface area contributed by atoms with Crippen LogP contribution in [-0.2, 0) is 12.8 Å². The number of fused-ring (bicyclic) bond motifs is 1. The van der Waals surface area contributed by atoms with E-state index in [1.54, 1.807) is 18.2 Å². The van der Waals surface area contributed by atoms with E-state index in [2.05, 4.69) is 65.8 Å². The molecule has 41 heavy (non-hydrogen) atoms. The summed E-state index contributed by atoms with van der Waals surface area (Å²) in [6.07, 6.45) is 14.9. The van der Waals surface area contributed by atoms with Crippen LogP contribution in [0.3, 0.4) is 0 Å². The van der Waals surface area contributed by atoms with Crippen molar-refractivity contribution >= 4 is 0 Å². The molecule has 5 heteroatoms. The molecule has 1 aliphatic rings. The minimum Gasteiger partial charge on any atom is -0.504 e. The topological polar surface area (TPSA) is 80.9 Å². The molecular formula is C36H50NO4+. The minimum absolute atomic E-state index is 0.0159. The summed E-state index contributed by atoms with van der Waals surface area (Å²) in [5.41, 5.74) is 8.41. The summed E-state index contributed by atoms with van der Waals surface area (Å²) in [4.78, 5) is 0. The van der Waals surface area contributed by atoms with Gasteiger partial charge in [-0.1, -0.05) is 40.5 Å². The molecular weight excluding hydrogens is 510 g/mol. The Kier molecular flexibility index (Phi) is 11.3. The van der Waals surface area contributed by atoms with E-state index in [4.69, 9.17) is 0 Å². The van der Waals surface area contributed by atoms with Crippen molar-refractivity contribution in [3.63, 3.8) is 0 Å². The fourth-order valence-corrected chi connectivity index (χ4v) is 5.75. The van der Waals surface area contributed by atoms with E-state index in [1.807, 2.05) is 6.07 Å². The Balaban J connectivity index is 2.07. The van der Waals surface area contributed by atoms with Gasteiger partial charge in [-0.15, -0.1) is 0 Å². The summed E-state index contributed by atoms with van der Waals surface area (Å²) in [5.74, 6) is -0.458. The molecule has 1 aliphatic heterocycles. The van der Waals surface area contributed by atoms with Crippen LogP contribution in [0.15, 0.2) is 76.9 Å². The largest absolute Gasteiger partial charge is 0.504 e. The third-order valence-electron chi connectivity index (χ3n) is 8.34. The van der Waals surface area contributed by atoms with Gasteiger partial charge in [-0.3, -0.25) is 0 Å². The molecule has 1 atom stereocenters. The van der Waals surface area contributed by atoms with E-state index >= 15 is 0 Å². The first-order chi connectivity index (χ1) is 19.4. The van der Waals surface area contributed by atoms with Crippen molar-refractivity contribution in [1.29, 1.82) is 0 Å². The highest BCUT2D eigenvalue weighted by Crippen LogP contribution is 2.43. The summed E-state index contributed by atoms with van der Waals surface area (Å²) in [6, 6.07) is 8.47. The third-order valence-corrected chi connectivity index (χ3v) is 8.34. The zero-order valence-electron chi connectivity index (χ0n) is 25.9. The molecule has 0 radical (unpaired) electrons. The van der Waals surface area contributed by atoms with Crippen molar-refractivity contribution < 1.29 is 24.9 Å². The van der Waals surface area contributed by atoms with E-state index in [0.29, 0.717) is 6.42 Å². The molecule has 0 aromatic heterocycles. The number of aromatic hydroxyl groups is 4. The summed E-state index contributed by atoms with van der Waals surface area (Å²) >= 11 is 0. The molecule has 2 aromatic carbocycles. The predicted octanol–water partition coefficient (Wildman–Crippen LogP) is 8.55. The number of rotatable bonds is 12. The zero-order chi connectivity index (χ0) is 30.2. The Labute approximate surface area is 247 Å². The maximum Gasteiger partial charge on any atom is 0.157 e. The van der Waals surface area contributed by atoms with E-state index in [9.17, 15) is 20.4 Å². The quantitative estimate of drug-likeness (QED) is 0.119. The first-order valence-electron chi connectivity index (χ1n) is 14.9. The minimum atomic E-state index is -0.133. The predicted molar refractivity (Wildman–Crippen MR) is 169 cm³/mol. The van der Waals surface area contributed by atoms with E-state index in [0.717, 1.165) is 72.9 Å². The molecule has 1 unspecified atom stereocenters. The number of phenols is 4. The van der Waals surface area contributed by atoms with E-state index in [1.165, 1.54) is 28.4 Å². The lowest BCUT2D eigenvalue weighted by Crippen LogP contribution is -2.55. The molecule has 4 N–H and O–H groups in total. The van der Waals surface area contributed by atoms with Gasteiger partial charge in [0, 0.05) is 18.4 Å². The molecule has 0 aliphatic carbocycles. The van der Waals surface area contributed by atoms with Crippen LogP contribution in [0.4, 0.5) is 0 Å². The molecule has 0 spiro atoms. The molecule has 3 rings (SSSR count). The first kappa shape index (κ1) is 32.1. The van der Waals surface area contributed by atoms with Gasteiger partial charge in [0.05, 0.1) is 19.6 Å². The molecule has 2 aromatic rings. The van der Waals surface area contributed by atoms with Gasteiger partial charge in [-0.25, -0.2) is 0 Å². The number of hydrogen-bond acceptors (Lipinski definition) is 4. The molecule has 0 bridgehead atoms. The van der Waals surface area contributed by atoms with Crippen LogP contribution < -0.4 is 0 Å². The molecule has 222 valence electrons. The highest BCUT2D eigenvalue weighted by atomic mass is 16.3. The van der Waals surface area contributed by atoms with Gasteiger partial charge in [-0.05, 0) is 115 Å². The van der Waals surface area contributed by atoms with Crippen LogP contribution in [0, 0.1) is 0 Å². The number of nitrogens with zero attached hydrogens (tertiary/aromatic N) is 1. The van der Waals surface area contributed by atoms with Gasteiger partial charge < -0.3 is 24.9 Å². The number of phenolic OH excluding ortho intramolecular Hbond substituents is 4. The Morgan fingerprint density at radius 1 is 0.707 bits per heavy atom. The summed E-state index contributed by atoms with van der Waals surface area (Å²) in [6.45, 7) is 15.5. The third kappa shape index (κ3) is 9.02. The highest BCUT2D eigenvalue weighted by Gasteiger charge is 2.42. The summed E-state index contributed by atoms with van der Waals surface area (Å²) in [7, 11) is 0. The number of allylic oxidation sites excluding steroid dienone is 6. The van der Waals surface area contributed by atoms with Crippen molar-refractivity contribution in [2.75, 3.05) is 19.6 Å². The van der Waals surface area contributed by atoms with Gasteiger partial charge in [0.1, 0.15) is 6.04 Å². The van der Waals surface area contributed by atoms with Crippen molar-refractivity contribution in [3.8, 4) is 23.0 Å². The van der Waals surface area contributed by atoms with Crippen molar-refractivity contribution in [2.24, 2.45) is 0 Å². The lowest BCUT2D eigenvalue weighted by molar-refractivity contribution is -0.949. The lowest BCUT2D eigenvalue weighted by Gasteiger charge is -2.48. The highest BCUT2D eigenvalue weighted by molar-refractivity contribution is 5.48. The fraction of sp³-hybridized carbons (Fsp3) is 0.444. The van der Waals surface area contributed by atoms with Crippen molar-refractivity contribution in [1.82, 2.24) is 0 Å². The summed E-state index contributed by atoms with van der Waals surface area (Å²) in [5, 5.41) is 41.1. The average molecular weight is 561 g/mol. The second-order valence-electron chi connectivity index (χ2n) is 12.4. The van der Waals surface area contributed by atoms with Gasteiger partial charge in [0.25, 0.3) is 0 Å². The molecule has 0 amide bonds. The van der Waals surface area contributed by atoms with Crippen LogP contribution in [-0.4, -0.2) is 44.5 Å². The number of hydrogen-bond donors (Lipinski definition) is 4. The maximum atomic E-state index is 10.6. The van der Waals surface area contributed by atoms with Gasteiger partial charge in [-0.2, -0.15) is 0 Å². The van der Waals surface area contributed by atoms with E-state index < -0.39 is 0 Å². The summed E-state index contributed by atoms with van der Waals surface area (Å²) < 4.78 is 0.777. The SMILES string of the molecule is CC(C)=CCC/C(C)=C/C[N+]1(C/C=C(\C)CCC=C(C)C)CCc2cc(O)c(O)cc2C1Cc1ccc(O)c(O)c1. The number of quaternary nitrogens is 1. The van der Waals surface area contributed by atoms with Crippen molar-refractivity contribution in [3.05, 3.63) is 93.6 Å². The standard InChI is InChI=1S/C36H49NO4/c1-25(2)9-7-11-27(5)15-18-37(19-16-28(6)12-8-10-26(3)4)20-17-30-23-35(40)36(41)24-31(30)32(37)21-29-13-14-33(38)34(39)22-29/h9-10,13-16,22-24,32H,7-8,11-12,17-21H2,1-6H3,(H3-,38,39,40,41)/p+1/b27-15+,28-16+. The van der Waals surface area contributed by atoms with Gasteiger partial charge in [0.15, 0.2) is 23.0 Å². The second kappa shape index (κ2) is 14.5. The Morgan fingerprint density at radius 3 is 1.78 bits per heavy atom. The maximum absolute atomic E-state index is 10.6. The molecule has 0 fully saturated rings. The zero-order valence-corrected chi connectivity index (χ0v) is 25.9. The van der Waals surface area contributed by atoms with Crippen LogP contribution in [0.1, 0.15) is 90.0 Å². The van der Waals surface area contributed by atoms with Crippen molar-refractivity contribution in [2.45, 2.75) is 86.1 Å². The first-order valence-corrected chi connectivity index (χ1v) is 14.9. The van der Waals surface area contributed by atoms with Crippen LogP contribution in [0.2, 0.25) is 0 Å². The molecule has 0 saturated heterocycles. The van der Waals surface area contributed by atoms with Crippen LogP contribution in [0.25, 0.3) is 0 Å². The van der Waals surface area contributed by atoms with E-state index in [-0.39, 0.29) is 29.0 Å². The Bertz CT molecular complexity index is 1280. The van der Waals surface area contributed by atoms with Crippen LogP contribution >= 0.6 is 0 Å². The molecule has 1 heterocycles. The van der Waals surface area contributed by atoms with Gasteiger partial charge in [0.2, 0.25) is 0 Å². The number of benzene rings is 2. The monoisotopic (exact) mass is 560 g/mol. The van der Waals surface area contributed by atoms with Crippen LogP contribution in [0.5, 0.6) is 23.0 Å². The lowest BCUT2D eigenvalue weighted by atomic mass is 9.85. The Morgan fingerprint density at radius 2 is 1.24 bits per heavy atom. The average Bonchev–Trinajstić information content (AvgIpc) is 2.90. The Hall–Kier alpha value is -3.44.